The average molecular weight is 406 g/mol. The molecule has 0 aliphatic carbocycles. The van der Waals surface area contributed by atoms with Gasteiger partial charge in [-0.1, -0.05) is 31.2 Å². The first-order valence-corrected chi connectivity index (χ1v) is 8.75. The molecule has 132 valence electrons. The number of carbonyl (C=O) groups is 2. The Labute approximate surface area is 155 Å². The van der Waals surface area contributed by atoms with E-state index in [9.17, 15) is 9.59 Å². The minimum absolute atomic E-state index is 0.159. The molecule has 5 nitrogen and oxygen atoms in total. The van der Waals surface area contributed by atoms with Gasteiger partial charge in [0.2, 0.25) is 0 Å². The number of rotatable bonds is 7. The first kappa shape index (κ1) is 19.0. The highest BCUT2D eigenvalue weighted by Gasteiger charge is 2.11. The minimum Gasteiger partial charge on any atom is -0.452 e. The van der Waals surface area contributed by atoms with Crippen LogP contribution in [0.2, 0.25) is 0 Å². The second-order valence-corrected chi connectivity index (χ2v) is 6.25. The lowest BCUT2D eigenvalue weighted by atomic mass is 10.1. The molecule has 0 unspecified atom stereocenters. The Bertz CT molecular complexity index is 749. The van der Waals surface area contributed by atoms with Crippen LogP contribution < -0.4 is 5.32 Å². The molecule has 1 heterocycles. The van der Waals surface area contributed by atoms with Crippen LogP contribution >= 0.6 is 15.9 Å². The summed E-state index contributed by atoms with van der Waals surface area (Å²) < 4.78 is 10.7. The third-order valence-corrected chi connectivity index (χ3v) is 4.01. The molecule has 1 aromatic heterocycles. The van der Waals surface area contributed by atoms with Crippen LogP contribution in [0.5, 0.6) is 0 Å². The van der Waals surface area contributed by atoms with Crippen LogP contribution in [0, 0.1) is 0 Å². The van der Waals surface area contributed by atoms with E-state index < -0.39 is 5.97 Å². The number of furan rings is 1. The molecule has 2 rings (SSSR count). The van der Waals surface area contributed by atoms with Gasteiger partial charge in [-0.15, -0.1) is 0 Å². The van der Waals surface area contributed by atoms with Crippen LogP contribution in [0.1, 0.15) is 36.8 Å². The number of hydrogen-bond acceptors (Lipinski definition) is 4. The SMILES string of the molecule is CCc1ccc([C@H](C)NC(=O)COC(=O)/C=C/c2ccc(Br)o2)cc1. The molecule has 2 aromatic rings. The predicted octanol–water partition coefficient (Wildman–Crippen LogP) is 4.04. The number of benzene rings is 1. The van der Waals surface area contributed by atoms with E-state index in [1.54, 1.807) is 12.1 Å². The van der Waals surface area contributed by atoms with Crippen LogP contribution in [0.15, 0.2) is 51.6 Å². The second-order valence-electron chi connectivity index (χ2n) is 5.47. The molecule has 25 heavy (non-hydrogen) atoms. The lowest BCUT2D eigenvalue weighted by molar-refractivity contribution is -0.144. The number of aryl methyl sites for hydroxylation is 1. The fraction of sp³-hybridized carbons (Fsp3) is 0.263. The van der Waals surface area contributed by atoms with Crippen molar-refractivity contribution in [2.24, 2.45) is 0 Å². The van der Waals surface area contributed by atoms with Gasteiger partial charge < -0.3 is 14.5 Å². The molecule has 0 saturated heterocycles. The average Bonchev–Trinajstić information content (AvgIpc) is 3.03. The second kappa shape index (κ2) is 9.22. The zero-order chi connectivity index (χ0) is 18.2. The Kier molecular flexibility index (Phi) is 7.01. The predicted molar refractivity (Wildman–Crippen MR) is 98.8 cm³/mol. The number of amides is 1. The van der Waals surface area contributed by atoms with Gasteiger partial charge in [-0.3, -0.25) is 4.79 Å². The van der Waals surface area contributed by atoms with Gasteiger partial charge in [0.05, 0.1) is 6.04 Å². The summed E-state index contributed by atoms with van der Waals surface area (Å²) >= 11 is 3.17. The summed E-state index contributed by atoms with van der Waals surface area (Å²) in [5.41, 5.74) is 2.24. The number of esters is 1. The summed E-state index contributed by atoms with van der Waals surface area (Å²) in [6.45, 7) is 3.64. The molecule has 6 heteroatoms. The topological polar surface area (TPSA) is 68.5 Å². The van der Waals surface area contributed by atoms with E-state index in [1.165, 1.54) is 17.7 Å². The quantitative estimate of drug-likeness (QED) is 0.557. The minimum atomic E-state index is -0.609. The van der Waals surface area contributed by atoms with E-state index in [2.05, 4.69) is 28.2 Å². The van der Waals surface area contributed by atoms with Crippen LogP contribution in [-0.4, -0.2) is 18.5 Å². The lowest BCUT2D eigenvalue weighted by Crippen LogP contribution is -2.30. The Morgan fingerprint density at radius 3 is 2.56 bits per heavy atom. The van der Waals surface area contributed by atoms with E-state index in [0.717, 1.165) is 12.0 Å². The molecule has 1 atom stereocenters. The van der Waals surface area contributed by atoms with Crippen molar-refractivity contribution in [3.05, 3.63) is 64.0 Å². The molecule has 1 N–H and O–H groups in total. The number of nitrogens with one attached hydrogen (secondary N) is 1. The van der Waals surface area contributed by atoms with Crippen molar-refractivity contribution in [2.45, 2.75) is 26.3 Å². The van der Waals surface area contributed by atoms with Gasteiger partial charge in [-0.05, 0) is 58.6 Å². The van der Waals surface area contributed by atoms with E-state index in [0.29, 0.717) is 10.4 Å². The molecule has 0 spiro atoms. The zero-order valence-corrected chi connectivity index (χ0v) is 15.7. The molecule has 0 aliphatic heterocycles. The van der Waals surface area contributed by atoms with Crippen LogP contribution in [0.25, 0.3) is 6.08 Å². The first-order chi connectivity index (χ1) is 12.0. The van der Waals surface area contributed by atoms with Crippen molar-refractivity contribution >= 4 is 33.9 Å². The number of carbonyl (C=O) groups excluding carboxylic acids is 2. The number of ether oxygens (including phenoxy) is 1. The maximum Gasteiger partial charge on any atom is 0.331 e. The van der Waals surface area contributed by atoms with E-state index in [1.807, 2.05) is 31.2 Å². The molecule has 0 bridgehead atoms. The summed E-state index contributed by atoms with van der Waals surface area (Å²) in [6, 6.07) is 11.3. The van der Waals surface area contributed by atoms with Gasteiger partial charge in [0, 0.05) is 6.08 Å². The largest absolute Gasteiger partial charge is 0.452 e. The molecular weight excluding hydrogens is 386 g/mol. The Morgan fingerprint density at radius 2 is 1.96 bits per heavy atom. The van der Waals surface area contributed by atoms with Crippen molar-refractivity contribution in [3.8, 4) is 0 Å². The first-order valence-electron chi connectivity index (χ1n) is 7.96. The molecule has 0 fully saturated rings. The number of halogens is 1. The highest BCUT2D eigenvalue weighted by molar-refractivity contribution is 9.10. The summed E-state index contributed by atoms with van der Waals surface area (Å²) in [4.78, 5) is 23.5. The van der Waals surface area contributed by atoms with Crippen molar-refractivity contribution in [1.82, 2.24) is 5.32 Å². The summed E-state index contributed by atoms with van der Waals surface area (Å²) in [6.07, 6.45) is 3.66. The third kappa shape index (κ3) is 6.23. The fourth-order valence-electron chi connectivity index (χ4n) is 2.16. The summed E-state index contributed by atoms with van der Waals surface area (Å²) in [5.74, 6) is -0.449. The molecular formula is C19H20BrNO4. The summed E-state index contributed by atoms with van der Waals surface area (Å²) in [7, 11) is 0. The normalized spacial score (nSPS) is 12.1. The Balaban J connectivity index is 1.77. The smallest absolute Gasteiger partial charge is 0.331 e. The van der Waals surface area contributed by atoms with Gasteiger partial charge in [-0.2, -0.15) is 0 Å². The fourth-order valence-corrected chi connectivity index (χ4v) is 2.48. The van der Waals surface area contributed by atoms with Crippen molar-refractivity contribution < 1.29 is 18.7 Å². The monoisotopic (exact) mass is 405 g/mol. The maximum atomic E-state index is 11.9. The van der Waals surface area contributed by atoms with Crippen molar-refractivity contribution in [1.29, 1.82) is 0 Å². The molecule has 0 aliphatic rings. The van der Waals surface area contributed by atoms with Gasteiger partial charge in [0.25, 0.3) is 5.91 Å². The van der Waals surface area contributed by atoms with E-state index >= 15 is 0 Å². The zero-order valence-electron chi connectivity index (χ0n) is 14.1. The van der Waals surface area contributed by atoms with Crippen LogP contribution in [0.3, 0.4) is 0 Å². The van der Waals surface area contributed by atoms with Crippen LogP contribution in [-0.2, 0) is 20.7 Å². The standard InChI is InChI=1S/C19H20BrNO4/c1-3-14-4-6-15(7-5-14)13(2)21-18(22)12-24-19(23)11-9-16-8-10-17(20)25-16/h4-11,13H,3,12H2,1-2H3,(H,21,22)/b11-9+/t13-/m0/s1. The highest BCUT2D eigenvalue weighted by atomic mass is 79.9. The van der Waals surface area contributed by atoms with Crippen molar-refractivity contribution in [2.75, 3.05) is 6.61 Å². The molecule has 0 saturated carbocycles. The molecule has 1 aromatic carbocycles. The third-order valence-electron chi connectivity index (χ3n) is 3.59. The van der Waals surface area contributed by atoms with Gasteiger partial charge in [0.15, 0.2) is 11.3 Å². The Hall–Kier alpha value is -2.34. The molecule has 0 radical (unpaired) electrons. The highest BCUT2D eigenvalue weighted by Crippen LogP contribution is 2.15. The summed E-state index contributed by atoms with van der Waals surface area (Å²) in [5, 5.41) is 2.80. The maximum absolute atomic E-state index is 11.9. The van der Waals surface area contributed by atoms with Crippen LogP contribution in [0.4, 0.5) is 0 Å². The molecule has 1 amide bonds. The van der Waals surface area contributed by atoms with E-state index in [-0.39, 0.29) is 18.6 Å². The van der Waals surface area contributed by atoms with Gasteiger partial charge in [-0.25, -0.2) is 4.79 Å². The number of hydrogen-bond donors (Lipinski definition) is 1. The van der Waals surface area contributed by atoms with Gasteiger partial charge in [0.1, 0.15) is 5.76 Å². The lowest BCUT2D eigenvalue weighted by Gasteiger charge is -2.14. The van der Waals surface area contributed by atoms with Crippen molar-refractivity contribution in [3.63, 3.8) is 0 Å². The van der Waals surface area contributed by atoms with E-state index in [4.69, 9.17) is 9.15 Å². The Morgan fingerprint density at radius 1 is 1.24 bits per heavy atom. The van der Waals surface area contributed by atoms with Gasteiger partial charge >= 0.3 is 5.97 Å².